The van der Waals surface area contributed by atoms with Crippen molar-refractivity contribution in [3.8, 4) is 11.1 Å². The number of hydrogen-bond donors (Lipinski definition) is 1. The van der Waals surface area contributed by atoms with E-state index in [0.717, 1.165) is 37.3 Å². The summed E-state index contributed by atoms with van der Waals surface area (Å²) in [5.74, 6) is 0.370. The number of aromatic nitrogens is 1. The molecule has 2 aromatic rings. The van der Waals surface area contributed by atoms with E-state index in [0.29, 0.717) is 10.8 Å². The van der Waals surface area contributed by atoms with Crippen molar-refractivity contribution in [3.05, 3.63) is 41.6 Å². The van der Waals surface area contributed by atoms with Gasteiger partial charge in [-0.2, -0.15) is 0 Å². The van der Waals surface area contributed by atoms with Crippen molar-refractivity contribution in [3.63, 3.8) is 0 Å². The van der Waals surface area contributed by atoms with Crippen LogP contribution >= 0.6 is 11.6 Å². The molecule has 2 heterocycles. The summed E-state index contributed by atoms with van der Waals surface area (Å²) in [6.07, 6.45) is 1.76. The van der Waals surface area contributed by atoms with Crippen LogP contribution in [0.5, 0.6) is 0 Å². The number of nitrogens with zero attached hydrogens (tertiary/aromatic N) is 3. The van der Waals surface area contributed by atoms with Gasteiger partial charge in [0.05, 0.1) is 5.02 Å². The zero-order valence-electron chi connectivity index (χ0n) is 12.1. The van der Waals surface area contributed by atoms with Crippen LogP contribution in [-0.4, -0.2) is 43.1 Å². The van der Waals surface area contributed by atoms with Crippen molar-refractivity contribution in [2.75, 3.05) is 43.9 Å². The summed E-state index contributed by atoms with van der Waals surface area (Å²) in [5, 5.41) is 0.496. The molecule has 0 bridgehead atoms. The quantitative estimate of drug-likeness (QED) is 0.926. The lowest BCUT2D eigenvalue weighted by Gasteiger charge is -2.34. The van der Waals surface area contributed by atoms with Gasteiger partial charge < -0.3 is 15.5 Å². The van der Waals surface area contributed by atoms with Gasteiger partial charge in [-0.25, -0.2) is 4.98 Å². The van der Waals surface area contributed by atoms with Crippen molar-refractivity contribution in [2.24, 2.45) is 0 Å². The second kappa shape index (κ2) is 5.92. The number of hydrogen-bond acceptors (Lipinski definition) is 4. The molecule has 0 atom stereocenters. The molecule has 1 aromatic carbocycles. The lowest BCUT2D eigenvalue weighted by Crippen LogP contribution is -2.44. The van der Waals surface area contributed by atoms with E-state index in [1.165, 1.54) is 5.69 Å². The van der Waals surface area contributed by atoms with Crippen molar-refractivity contribution in [2.45, 2.75) is 0 Å². The number of rotatable bonds is 2. The van der Waals surface area contributed by atoms with E-state index in [1.54, 1.807) is 6.20 Å². The molecule has 110 valence electrons. The smallest absolute Gasteiger partial charge is 0.142 e. The molecule has 1 aliphatic rings. The average molecular weight is 303 g/mol. The molecule has 0 radical (unpaired) electrons. The highest BCUT2D eigenvalue weighted by molar-refractivity contribution is 6.33. The van der Waals surface area contributed by atoms with E-state index >= 15 is 0 Å². The van der Waals surface area contributed by atoms with E-state index < -0.39 is 0 Å². The minimum Gasteiger partial charge on any atom is -0.382 e. The van der Waals surface area contributed by atoms with Gasteiger partial charge in [-0.1, -0.05) is 23.7 Å². The summed E-state index contributed by atoms with van der Waals surface area (Å²) >= 11 is 6.03. The Balaban J connectivity index is 1.79. The van der Waals surface area contributed by atoms with Gasteiger partial charge in [0, 0.05) is 43.6 Å². The minimum atomic E-state index is 0.370. The van der Waals surface area contributed by atoms with Gasteiger partial charge in [0.1, 0.15) is 5.82 Å². The maximum atomic E-state index is 6.03. The molecule has 1 aliphatic heterocycles. The zero-order valence-corrected chi connectivity index (χ0v) is 12.8. The number of halogens is 1. The van der Waals surface area contributed by atoms with Gasteiger partial charge in [0.25, 0.3) is 0 Å². The summed E-state index contributed by atoms with van der Waals surface area (Å²) in [7, 11) is 2.16. The Kier molecular flexibility index (Phi) is 3.99. The monoisotopic (exact) mass is 302 g/mol. The average Bonchev–Trinajstić information content (AvgIpc) is 2.51. The molecule has 2 N–H and O–H groups in total. The molecule has 0 aliphatic carbocycles. The van der Waals surface area contributed by atoms with Crippen LogP contribution in [-0.2, 0) is 0 Å². The Morgan fingerprint density at radius 3 is 2.33 bits per heavy atom. The van der Waals surface area contributed by atoms with Gasteiger partial charge in [-0.3, -0.25) is 0 Å². The summed E-state index contributed by atoms with van der Waals surface area (Å²) in [4.78, 5) is 8.87. The number of likely N-dealkylation sites (N-methyl/N-ethyl adjacent to an activating group) is 1. The summed E-state index contributed by atoms with van der Waals surface area (Å²) in [6, 6.07) is 10.4. The van der Waals surface area contributed by atoms with Gasteiger partial charge in [-0.15, -0.1) is 0 Å². The Bertz CT molecular complexity index is 619. The fourth-order valence-corrected chi connectivity index (χ4v) is 2.70. The highest BCUT2D eigenvalue weighted by atomic mass is 35.5. The number of pyridine rings is 1. The number of nitrogens with two attached hydrogens (primary N) is 1. The summed E-state index contributed by atoms with van der Waals surface area (Å²) in [5.41, 5.74) is 9.00. The van der Waals surface area contributed by atoms with Crippen molar-refractivity contribution >= 4 is 23.1 Å². The first kappa shape index (κ1) is 14.2. The number of nitrogen functional groups attached to an aromatic ring is 1. The highest BCUT2D eigenvalue weighted by Crippen LogP contribution is 2.27. The zero-order chi connectivity index (χ0) is 14.8. The Morgan fingerprint density at radius 2 is 1.71 bits per heavy atom. The first-order chi connectivity index (χ1) is 10.1. The van der Waals surface area contributed by atoms with E-state index in [9.17, 15) is 0 Å². The normalized spacial score (nSPS) is 16.2. The topological polar surface area (TPSA) is 45.4 Å². The molecule has 0 saturated carbocycles. The fourth-order valence-electron chi connectivity index (χ4n) is 2.54. The third-order valence-corrected chi connectivity index (χ3v) is 4.24. The molecule has 1 saturated heterocycles. The molecule has 4 nitrogen and oxygen atoms in total. The molecule has 5 heteroatoms. The van der Waals surface area contributed by atoms with Crippen molar-refractivity contribution in [1.29, 1.82) is 0 Å². The first-order valence-electron chi connectivity index (χ1n) is 7.08. The molecule has 0 unspecified atom stereocenters. The summed E-state index contributed by atoms with van der Waals surface area (Å²) in [6.45, 7) is 4.37. The largest absolute Gasteiger partial charge is 0.382 e. The fraction of sp³-hybridized carbons (Fsp3) is 0.312. The van der Waals surface area contributed by atoms with Crippen molar-refractivity contribution < 1.29 is 0 Å². The van der Waals surface area contributed by atoms with Gasteiger partial charge in [-0.05, 0) is 30.8 Å². The molecule has 0 spiro atoms. The Labute approximate surface area is 130 Å². The molecular weight excluding hydrogens is 284 g/mol. The molecule has 3 rings (SSSR count). The van der Waals surface area contributed by atoms with Crippen LogP contribution in [0.2, 0.25) is 5.02 Å². The predicted octanol–water partition coefficient (Wildman–Crippen LogP) is 2.74. The van der Waals surface area contributed by atoms with Crippen LogP contribution in [0.25, 0.3) is 11.1 Å². The first-order valence-corrected chi connectivity index (χ1v) is 7.46. The molecule has 1 aromatic heterocycles. The van der Waals surface area contributed by atoms with Gasteiger partial charge in [0.15, 0.2) is 0 Å². The number of piperazine rings is 1. The van der Waals surface area contributed by atoms with Crippen LogP contribution in [0.15, 0.2) is 36.5 Å². The van der Waals surface area contributed by atoms with Crippen LogP contribution < -0.4 is 10.6 Å². The molecule has 0 amide bonds. The number of anilines is 2. The van der Waals surface area contributed by atoms with E-state index in [4.69, 9.17) is 17.3 Å². The standard InChI is InChI=1S/C16H19ClN4/c1-20-6-8-21(9-7-20)14-4-2-12(3-5-14)13-10-15(17)16(18)19-11-13/h2-5,10-11H,6-9H2,1H3,(H2,18,19). The Morgan fingerprint density at radius 1 is 1.05 bits per heavy atom. The second-order valence-electron chi connectivity index (χ2n) is 5.43. The lowest BCUT2D eigenvalue weighted by molar-refractivity contribution is 0.313. The maximum Gasteiger partial charge on any atom is 0.142 e. The van der Waals surface area contributed by atoms with E-state index in [2.05, 4.69) is 46.1 Å². The number of benzene rings is 1. The van der Waals surface area contributed by atoms with Crippen LogP contribution in [0.1, 0.15) is 0 Å². The summed E-state index contributed by atoms with van der Waals surface area (Å²) < 4.78 is 0. The van der Waals surface area contributed by atoms with Gasteiger partial charge in [0.2, 0.25) is 0 Å². The Hall–Kier alpha value is -1.78. The predicted molar refractivity (Wildman–Crippen MR) is 88.8 cm³/mol. The SMILES string of the molecule is CN1CCN(c2ccc(-c3cnc(N)c(Cl)c3)cc2)CC1. The van der Waals surface area contributed by atoms with Gasteiger partial charge >= 0.3 is 0 Å². The second-order valence-corrected chi connectivity index (χ2v) is 5.84. The van der Waals surface area contributed by atoms with E-state index in [1.807, 2.05) is 6.07 Å². The molecular formula is C16H19ClN4. The lowest BCUT2D eigenvalue weighted by atomic mass is 10.1. The molecule has 21 heavy (non-hydrogen) atoms. The van der Waals surface area contributed by atoms with E-state index in [-0.39, 0.29) is 0 Å². The maximum absolute atomic E-state index is 6.03. The molecule has 1 fully saturated rings. The highest BCUT2D eigenvalue weighted by Gasteiger charge is 2.14. The van der Waals surface area contributed by atoms with Crippen LogP contribution in [0.4, 0.5) is 11.5 Å². The van der Waals surface area contributed by atoms with Crippen molar-refractivity contribution in [1.82, 2.24) is 9.88 Å². The minimum absolute atomic E-state index is 0.370. The van der Waals surface area contributed by atoms with Crippen LogP contribution in [0, 0.1) is 0 Å². The van der Waals surface area contributed by atoms with Crippen LogP contribution in [0.3, 0.4) is 0 Å². The third kappa shape index (κ3) is 3.12. The third-order valence-electron chi connectivity index (χ3n) is 3.94.